The number of rotatable bonds is 6. The Labute approximate surface area is 181 Å². The number of nitrogens with one attached hydrogen (secondary N) is 1. The van der Waals surface area contributed by atoms with Gasteiger partial charge in [0.15, 0.2) is 11.5 Å². The Morgan fingerprint density at radius 2 is 2.13 bits per heavy atom. The summed E-state index contributed by atoms with van der Waals surface area (Å²) < 4.78 is 11.3. The maximum Gasteiger partial charge on any atom is 0.408 e. The number of fused-ring (bicyclic) bond motifs is 1. The summed E-state index contributed by atoms with van der Waals surface area (Å²) in [4.78, 5) is 32.0. The first-order chi connectivity index (χ1) is 14.3. The van der Waals surface area contributed by atoms with Gasteiger partial charge in [-0.2, -0.15) is 11.8 Å². The van der Waals surface area contributed by atoms with Gasteiger partial charge in [-0.05, 0) is 64.2 Å². The number of carbonyl (C=O) groups excluding carboxylic acids is 2. The average molecular weight is 434 g/mol. The van der Waals surface area contributed by atoms with Gasteiger partial charge in [-0.15, -0.1) is 0 Å². The summed E-state index contributed by atoms with van der Waals surface area (Å²) in [6, 6.07) is 7.09. The normalized spacial score (nSPS) is 18.3. The summed E-state index contributed by atoms with van der Waals surface area (Å²) in [5, 5.41) is 2.78. The van der Waals surface area contributed by atoms with Crippen LogP contribution < -0.4 is 5.32 Å². The molecule has 1 fully saturated rings. The minimum atomic E-state index is -0.611. The minimum Gasteiger partial charge on any atom is -0.444 e. The lowest BCUT2D eigenvalue weighted by atomic mass is 9.97. The van der Waals surface area contributed by atoms with Crippen LogP contribution in [0, 0.1) is 0 Å². The third kappa shape index (κ3) is 5.90. The highest BCUT2D eigenvalue weighted by atomic mass is 32.2. The van der Waals surface area contributed by atoms with Crippen molar-refractivity contribution < 1.29 is 18.7 Å². The Morgan fingerprint density at radius 3 is 2.83 bits per heavy atom. The van der Waals surface area contributed by atoms with Gasteiger partial charge in [-0.1, -0.05) is 12.1 Å². The van der Waals surface area contributed by atoms with Gasteiger partial charge in [0.25, 0.3) is 0 Å². The van der Waals surface area contributed by atoms with Gasteiger partial charge < -0.3 is 19.4 Å². The summed E-state index contributed by atoms with van der Waals surface area (Å²) >= 11 is 1.65. The molecule has 30 heavy (non-hydrogen) atoms. The zero-order valence-corrected chi connectivity index (χ0v) is 19.0. The number of nitrogens with zero attached hydrogens (tertiary/aromatic N) is 2. The first-order valence-electron chi connectivity index (χ1n) is 10.4. The standard InChI is InChI=1S/C22H31N3O4S/c1-22(2,3)29-21(27)24-17(11-13-30-4)20(26)25-12-7-8-15(14-25)19-23-16-9-5-6-10-18(16)28-19/h5-6,9-10,15,17H,7-8,11-14H2,1-4H3,(H,24,27)/t15-,17-/m0/s1. The Morgan fingerprint density at radius 1 is 1.37 bits per heavy atom. The second-order valence-corrected chi connectivity index (χ2v) is 9.61. The number of alkyl carbamates (subject to hydrolysis) is 1. The Balaban J connectivity index is 1.69. The van der Waals surface area contributed by atoms with Crippen LogP contribution in [-0.4, -0.2) is 58.6 Å². The molecule has 8 heteroatoms. The number of para-hydroxylation sites is 2. The Bertz CT molecular complexity index is 844. The third-order valence-electron chi connectivity index (χ3n) is 4.99. The van der Waals surface area contributed by atoms with E-state index in [2.05, 4.69) is 10.3 Å². The molecule has 1 N–H and O–H groups in total. The van der Waals surface area contributed by atoms with Crippen LogP contribution in [0.2, 0.25) is 0 Å². The van der Waals surface area contributed by atoms with Crippen molar-refractivity contribution >= 4 is 34.9 Å². The molecule has 1 saturated heterocycles. The fourth-order valence-electron chi connectivity index (χ4n) is 3.61. The van der Waals surface area contributed by atoms with Crippen LogP contribution in [0.5, 0.6) is 0 Å². The van der Waals surface area contributed by atoms with Crippen molar-refractivity contribution in [1.82, 2.24) is 15.2 Å². The monoisotopic (exact) mass is 433 g/mol. The van der Waals surface area contributed by atoms with Crippen molar-refractivity contribution in [3.05, 3.63) is 30.2 Å². The second-order valence-electron chi connectivity index (χ2n) is 8.62. The van der Waals surface area contributed by atoms with Gasteiger partial charge in [0.05, 0.1) is 5.92 Å². The summed E-state index contributed by atoms with van der Waals surface area (Å²) in [5.74, 6) is 1.43. The number of thioether (sulfide) groups is 1. The lowest BCUT2D eigenvalue weighted by molar-refractivity contribution is -0.134. The van der Waals surface area contributed by atoms with Crippen molar-refractivity contribution in [2.24, 2.45) is 0 Å². The van der Waals surface area contributed by atoms with Gasteiger partial charge in [0, 0.05) is 13.1 Å². The van der Waals surface area contributed by atoms with Gasteiger partial charge in [-0.25, -0.2) is 9.78 Å². The van der Waals surface area contributed by atoms with E-state index in [0.29, 0.717) is 25.4 Å². The molecule has 3 rings (SSSR count). The van der Waals surface area contributed by atoms with E-state index in [1.165, 1.54) is 0 Å². The molecule has 0 radical (unpaired) electrons. The van der Waals surface area contributed by atoms with E-state index in [-0.39, 0.29) is 11.8 Å². The Kier molecular flexibility index (Phi) is 7.28. The van der Waals surface area contributed by atoms with Crippen LogP contribution >= 0.6 is 11.8 Å². The second kappa shape index (κ2) is 9.73. The molecular weight excluding hydrogens is 402 g/mol. The SMILES string of the molecule is CSCC[C@H](NC(=O)OC(C)(C)C)C(=O)N1CCC[C@H](c2nc3ccccc3o2)C1. The molecule has 2 heterocycles. The fraction of sp³-hybridized carbons (Fsp3) is 0.591. The number of hydrogen-bond acceptors (Lipinski definition) is 6. The number of carbonyl (C=O) groups is 2. The van der Waals surface area contributed by atoms with E-state index in [0.717, 1.165) is 29.7 Å². The zero-order valence-electron chi connectivity index (χ0n) is 18.1. The smallest absolute Gasteiger partial charge is 0.408 e. The molecular formula is C22H31N3O4S. The van der Waals surface area contributed by atoms with E-state index in [9.17, 15) is 9.59 Å². The molecule has 1 aliphatic heterocycles. The number of ether oxygens (including phenoxy) is 1. The van der Waals surface area contributed by atoms with Crippen LogP contribution in [0.1, 0.15) is 51.8 Å². The topological polar surface area (TPSA) is 84.7 Å². The summed E-state index contributed by atoms with van der Waals surface area (Å²) in [7, 11) is 0. The van der Waals surface area contributed by atoms with Crippen molar-refractivity contribution in [3.63, 3.8) is 0 Å². The van der Waals surface area contributed by atoms with Gasteiger partial charge in [0.1, 0.15) is 17.2 Å². The summed E-state index contributed by atoms with van der Waals surface area (Å²) in [6.07, 6.45) is 3.78. The van der Waals surface area contributed by atoms with Crippen LogP contribution in [0.15, 0.2) is 28.7 Å². The fourth-order valence-corrected chi connectivity index (χ4v) is 4.08. The molecule has 1 aliphatic rings. The number of amides is 2. The first-order valence-corrected chi connectivity index (χ1v) is 11.8. The third-order valence-corrected chi connectivity index (χ3v) is 5.64. The van der Waals surface area contributed by atoms with Crippen LogP contribution in [0.3, 0.4) is 0 Å². The average Bonchev–Trinajstić information content (AvgIpc) is 3.13. The molecule has 2 aromatic rings. The zero-order chi connectivity index (χ0) is 21.7. The molecule has 0 spiro atoms. The van der Waals surface area contributed by atoms with Crippen LogP contribution in [0.25, 0.3) is 11.1 Å². The quantitative estimate of drug-likeness (QED) is 0.736. The largest absolute Gasteiger partial charge is 0.444 e. The maximum atomic E-state index is 13.2. The van der Waals surface area contributed by atoms with Gasteiger partial charge >= 0.3 is 6.09 Å². The number of aromatic nitrogens is 1. The molecule has 0 aliphatic carbocycles. The van der Waals surface area contributed by atoms with Crippen molar-refractivity contribution in [2.75, 3.05) is 25.1 Å². The van der Waals surface area contributed by atoms with Crippen molar-refractivity contribution in [3.8, 4) is 0 Å². The van der Waals surface area contributed by atoms with Crippen LogP contribution in [0.4, 0.5) is 4.79 Å². The Hall–Kier alpha value is -2.22. The summed E-state index contributed by atoms with van der Waals surface area (Å²) in [5.41, 5.74) is 0.987. The maximum absolute atomic E-state index is 13.2. The first kappa shape index (κ1) is 22.5. The van der Waals surface area contributed by atoms with Gasteiger partial charge in [0.2, 0.25) is 5.91 Å². The lowest BCUT2D eigenvalue weighted by Crippen LogP contribution is -2.52. The molecule has 1 aromatic carbocycles. The molecule has 7 nitrogen and oxygen atoms in total. The molecule has 1 aromatic heterocycles. The van der Waals surface area contributed by atoms with Crippen LogP contribution in [-0.2, 0) is 9.53 Å². The lowest BCUT2D eigenvalue weighted by Gasteiger charge is -2.34. The molecule has 2 atom stereocenters. The number of oxazole rings is 1. The molecule has 0 bridgehead atoms. The number of benzene rings is 1. The highest BCUT2D eigenvalue weighted by Gasteiger charge is 2.33. The van der Waals surface area contributed by atoms with E-state index >= 15 is 0 Å². The highest BCUT2D eigenvalue weighted by molar-refractivity contribution is 7.98. The van der Waals surface area contributed by atoms with E-state index in [1.54, 1.807) is 32.5 Å². The van der Waals surface area contributed by atoms with Crippen molar-refractivity contribution in [1.29, 1.82) is 0 Å². The number of piperidine rings is 1. The van der Waals surface area contributed by atoms with E-state index in [1.807, 2.05) is 35.4 Å². The van der Waals surface area contributed by atoms with Crippen molar-refractivity contribution in [2.45, 2.75) is 57.6 Å². The molecule has 0 unspecified atom stereocenters. The number of likely N-dealkylation sites (tertiary alicyclic amines) is 1. The predicted molar refractivity (Wildman–Crippen MR) is 119 cm³/mol. The van der Waals surface area contributed by atoms with E-state index < -0.39 is 17.7 Å². The molecule has 0 saturated carbocycles. The summed E-state index contributed by atoms with van der Waals surface area (Å²) in [6.45, 7) is 6.63. The minimum absolute atomic E-state index is 0.0535. The molecule has 2 amide bonds. The van der Waals surface area contributed by atoms with Gasteiger partial charge in [-0.3, -0.25) is 4.79 Å². The van der Waals surface area contributed by atoms with E-state index in [4.69, 9.17) is 9.15 Å². The number of hydrogen-bond donors (Lipinski definition) is 1. The predicted octanol–water partition coefficient (Wildman–Crippen LogP) is 4.18. The highest BCUT2D eigenvalue weighted by Crippen LogP contribution is 2.29. The molecule has 164 valence electrons.